The number of pyridine rings is 1. The molecule has 2 nitrogen and oxygen atoms in total. The van der Waals surface area contributed by atoms with E-state index < -0.39 is 0 Å². The molecule has 0 amide bonds. The lowest BCUT2D eigenvalue weighted by molar-refractivity contribution is 1.33. The Morgan fingerprint density at radius 3 is 2.29 bits per heavy atom. The number of aromatic nitrogens is 1. The smallest absolute Gasteiger partial charge is 0.0708 e. The molecule has 2 N–H and O–H groups in total. The predicted molar refractivity (Wildman–Crippen MR) is 71.6 cm³/mol. The minimum absolute atomic E-state index is 0.806. The summed E-state index contributed by atoms with van der Waals surface area (Å²) in [6.07, 6.45) is 1.81. The fraction of sp³-hybridized carbons (Fsp3) is 0. The maximum atomic E-state index is 5.98. The Labute approximate surface area is 99.7 Å². The SMILES string of the molecule is Nc1ccc(-c2ccccn2)c2ccccc12. The van der Waals surface area contributed by atoms with Gasteiger partial charge in [-0.15, -0.1) is 0 Å². The average Bonchev–Trinajstić information content (AvgIpc) is 2.41. The highest BCUT2D eigenvalue weighted by atomic mass is 14.7. The molecule has 0 aliphatic carbocycles. The van der Waals surface area contributed by atoms with Crippen LogP contribution in [-0.4, -0.2) is 4.98 Å². The van der Waals surface area contributed by atoms with Crippen molar-refractivity contribution in [2.75, 3.05) is 5.73 Å². The van der Waals surface area contributed by atoms with Crippen molar-refractivity contribution in [2.45, 2.75) is 0 Å². The minimum atomic E-state index is 0.806. The van der Waals surface area contributed by atoms with E-state index in [2.05, 4.69) is 11.1 Å². The van der Waals surface area contributed by atoms with Crippen LogP contribution in [0.2, 0.25) is 0 Å². The fourth-order valence-corrected chi connectivity index (χ4v) is 2.07. The maximum absolute atomic E-state index is 5.98. The average molecular weight is 220 g/mol. The van der Waals surface area contributed by atoms with Crippen LogP contribution in [0.1, 0.15) is 0 Å². The summed E-state index contributed by atoms with van der Waals surface area (Å²) in [5.41, 5.74) is 8.88. The van der Waals surface area contributed by atoms with Crippen LogP contribution >= 0.6 is 0 Å². The van der Waals surface area contributed by atoms with E-state index in [9.17, 15) is 0 Å². The number of benzene rings is 2. The Balaban J connectivity index is 2.35. The van der Waals surface area contributed by atoms with Crippen LogP contribution in [0.25, 0.3) is 22.0 Å². The third kappa shape index (κ3) is 1.64. The van der Waals surface area contributed by atoms with Crippen molar-refractivity contribution in [2.24, 2.45) is 0 Å². The van der Waals surface area contributed by atoms with Gasteiger partial charge in [-0.25, -0.2) is 0 Å². The zero-order valence-electron chi connectivity index (χ0n) is 9.30. The predicted octanol–water partition coefficient (Wildman–Crippen LogP) is 3.48. The molecule has 0 saturated carbocycles. The molecule has 0 aliphatic heterocycles. The van der Waals surface area contributed by atoms with E-state index in [-0.39, 0.29) is 0 Å². The Kier molecular flexibility index (Phi) is 2.26. The summed E-state index contributed by atoms with van der Waals surface area (Å²) < 4.78 is 0. The van der Waals surface area contributed by atoms with Crippen LogP contribution in [0.4, 0.5) is 5.69 Å². The Bertz CT molecular complexity index is 660. The minimum Gasteiger partial charge on any atom is -0.398 e. The molecule has 3 rings (SSSR count). The number of hydrogen-bond donors (Lipinski definition) is 1. The molecule has 0 atom stereocenters. The van der Waals surface area contributed by atoms with Crippen LogP contribution in [0.3, 0.4) is 0 Å². The van der Waals surface area contributed by atoms with Gasteiger partial charge in [-0.2, -0.15) is 0 Å². The zero-order valence-corrected chi connectivity index (χ0v) is 9.30. The molecule has 0 spiro atoms. The van der Waals surface area contributed by atoms with Gasteiger partial charge in [0.15, 0.2) is 0 Å². The van der Waals surface area contributed by atoms with Gasteiger partial charge in [0.05, 0.1) is 5.69 Å². The number of rotatable bonds is 1. The summed E-state index contributed by atoms with van der Waals surface area (Å²) in [6.45, 7) is 0. The zero-order chi connectivity index (χ0) is 11.7. The molecule has 82 valence electrons. The number of nitrogens with two attached hydrogens (primary N) is 1. The van der Waals surface area contributed by atoms with E-state index in [0.29, 0.717) is 0 Å². The van der Waals surface area contributed by atoms with Gasteiger partial charge in [0.25, 0.3) is 0 Å². The molecule has 1 aromatic heterocycles. The van der Waals surface area contributed by atoms with Crippen LogP contribution in [0.15, 0.2) is 60.8 Å². The second-order valence-electron chi connectivity index (χ2n) is 3.96. The number of nitrogens with zero attached hydrogens (tertiary/aromatic N) is 1. The lowest BCUT2D eigenvalue weighted by atomic mass is 10.0. The molecule has 0 fully saturated rings. The monoisotopic (exact) mass is 220 g/mol. The van der Waals surface area contributed by atoms with Gasteiger partial charge in [0.2, 0.25) is 0 Å². The van der Waals surface area contributed by atoms with E-state index in [1.807, 2.05) is 48.5 Å². The summed E-state index contributed by atoms with van der Waals surface area (Å²) in [5.74, 6) is 0. The maximum Gasteiger partial charge on any atom is 0.0708 e. The Morgan fingerprint density at radius 2 is 1.53 bits per heavy atom. The number of anilines is 1. The van der Waals surface area contributed by atoms with Gasteiger partial charge in [-0.3, -0.25) is 4.98 Å². The molecule has 0 unspecified atom stereocenters. The van der Waals surface area contributed by atoms with Crippen LogP contribution in [0, 0.1) is 0 Å². The molecule has 2 aromatic carbocycles. The first-order chi connectivity index (χ1) is 8.36. The molecule has 17 heavy (non-hydrogen) atoms. The van der Waals surface area contributed by atoms with E-state index in [0.717, 1.165) is 27.7 Å². The van der Waals surface area contributed by atoms with Crippen LogP contribution in [-0.2, 0) is 0 Å². The highest BCUT2D eigenvalue weighted by Gasteiger charge is 2.05. The van der Waals surface area contributed by atoms with E-state index >= 15 is 0 Å². The largest absolute Gasteiger partial charge is 0.398 e. The lowest BCUT2D eigenvalue weighted by Gasteiger charge is -2.08. The van der Waals surface area contributed by atoms with Crippen LogP contribution < -0.4 is 5.73 Å². The van der Waals surface area contributed by atoms with Crippen molar-refractivity contribution in [3.8, 4) is 11.3 Å². The number of nitrogen functional groups attached to an aromatic ring is 1. The Hall–Kier alpha value is -2.35. The molecule has 1 heterocycles. The van der Waals surface area contributed by atoms with Gasteiger partial charge in [-0.05, 0) is 23.6 Å². The summed E-state index contributed by atoms with van der Waals surface area (Å²) in [6, 6.07) is 18.0. The topological polar surface area (TPSA) is 38.9 Å². The molecule has 0 bridgehead atoms. The first kappa shape index (κ1) is 9.85. The summed E-state index contributed by atoms with van der Waals surface area (Å²) in [5, 5.41) is 2.22. The van der Waals surface area contributed by atoms with Gasteiger partial charge < -0.3 is 5.73 Å². The number of hydrogen-bond acceptors (Lipinski definition) is 2. The van der Waals surface area contributed by atoms with Crippen molar-refractivity contribution in [3.63, 3.8) is 0 Å². The van der Waals surface area contributed by atoms with Gasteiger partial charge in [-0.1, -0.05) is 36.4 Å². The molecule has 0 saturated heterocycles. The molecular weight excluding hydrogens is 208 g/mol. The summed E-state index contributed by atoms with van der Waals surface area (Å²) >= 11 is 0. The van der Waals surface area contributed by atoms with Crippen molar-refractivity contribution in [3.05, 3.63) is 60.8 Å². The first-order valence-electron chi connectivity index (χ1n) is 5.55. The van der Waals surface area contributed by atoms with Gasteiger partial charge in [0, 0.05) is 22.8 Å². The third-order valence-corrected chi connectivity index (χ3v) is 2.90. The van der Waals surface area contributed by atoms with Crippen molar-refractivity contribution in [1.29, 1.82) is 0 Å². The van der Waals surface area contributed by atoms with E-state index in [1.54, 1.807) is 6.20 Å². The Morgan fingerprint density at radius 1 is 0.765 bits per heavy atom. The standard InChI is InChI=1S/C15H12N2/c16-14-9-8-13(15-7-3-4-10-17-15)11-5-1-2-6-12(11)14/h1-10H,16H2. The lowest BCUT2D eigenvalue weighted by Crippen LogP contribution is -1.90. The van der Waals surface area contributed by atoms with E-state index in [4.69, 9.17) is 5.73 Å². The quantitative estimate of drug-likeness (QED) is 0.637. The molecule has 3 aromatic rings. The highest BCUT2D eigenvalue weighted by Crippen LogP contribution is 2.30. The normalized spacial score (nSPS) is 10.6. The third-order valence-electron chi connectivity index (χ3n) is 2.90. The van der Waals surface area contributed by atoms with Crippen molar-refractivity contribution < 1.29 is 0 Å². The highest BCUT2D eigenvalue weighted by molar-refractivity contribution is 6.02. The summed E-state index contributed by atoms with van der Waals surface area (Å²) in [7, 11) is 0. The first-order valence-corrected chi connectivity index (χ1v) is 5.55. The van der Waals surface area contributed by atoms with Crippen molar-refractivity contribution in [1.82, 2.24) is 4.98 Å². The summed E-state index contributed by atoms with van der Waals surface area (Å²) in [4.78, 5) is 4.39. The second kappa shape index (κ2) is 3.91. The van der Waals surface area contributed by atoms with Crippen molar-refractivity contribution >= 4 is 16.5 Å². The molecule has 0 aliphatic rings. The number of fused-ring (bicyclic) bond motifs is 1. The fourth-order valence-electron chi connectivity index (χ4n) is 2.07. The molecule has 0 radical (unpaired) electrons. The molecular formula is C15H12N2. The second-order valence-corrected chi connectivity index (χ2v) is 3.96. The molecule has 2 heteroatoms. The van der Waals surface area contributed by atoms with Crippen LogP contribution in [0.5, 0.6) is 0 Å². The van der Waals surface area contributed by atoms with Gasteiger partial charge >= 0.3 is 0 Å². The van der Waals surface area contributed by atoms with Gasteiger partial charge in [0.1, 0.15) is 0 Å². The van der Waals surface area contributed by atoms with E-state index in [1.165, 1.54) is 0 Å².